The van der Waals surface area contributed by atoms with Crippen LogP contribution in [0.15, 0.2) is 18.2 Å². The van der Waals surface area contributed by atoms with Gasteiger partial charge in [-0.1, -0.05) is 19.9 Å². The van der Waals surface area contributed by atoms with E-state index < -0.39 is 0 Å². The third-order valence-electron chi connectivity index (χ3n) is 2.45. The maximum atomic E-state index is 13.7. The second-order valence-electron chi connectivity index (χ2n) is 4.37. The van der Waals surface area contributed by atoms with Crippen LogP contribution in [-0.4, -0.2) is 13.7 Å². The van der Waals surface area contributed by atoms with Crippen molar-refractivity contribution in [2.45, 2.75) is 26.8 Å². The molecule has 1 aromatic carbocycles. The van der Waals surface area contributed by atoms with Gasteiger partial charge in [-0.25, -0.2) is 4.39 Å². The van der Waals surface area contributed by atoms with Crippen molar-refractivity contribution in [1.29, 1.82) is 0 Å². The normalized spacial score (nSPS) is 12.9. The molecule has 0 bridgehead atoms. The molecule has 0 saturated heterocycles. The molecule has 0 saturated carbocycles. The molecule has 1 aromatic rings. The molecule has 1 rings (SSSR count). The summed E-state index contributed by atoms with van der Waals surface area (Å²) >= 11 is 0. The van der Waals surface area contributed by atoms with Gasteiger partial charge in [-0.15, -0.1) is 0 Å². The van der Waals surface area contributed by atoms with E-state index in [4.69, 9.17) is 4.74 Å². The second kappa shape index (κ2) is 5.85. The van der Waals surface area contributed by atoms with Crippen LogP contribution in [0.3, 0.4) is 0 Å². The minimum Gasteiger partial charge on any atom is -0.493 e. The van der Waals surface area contributed by atoms with Crippen molar-refractivity contribution < 1.29 is 9.13 Å². The largest absolute Gasteiger partial charge is 0.493 e. The zero-order chi connectivity index (χ0) is 12.1. The van der Waals surface area contributed by atoms with Crippen LogP contribution in [0.25, 0.3) is 0 Å². The molecule has 0 aromatic heterocycles. The summed E-state index contributed by atoms with van der Waals surface area (Å²) in [7, 11) is 1.81. The third kappa shape index (κ3) is 3.20. The predicted molar refractivity (Wildman–Crippen MR) is 64.2 cm³/mol. The predicted octanol–water partition coefficient (Wildman–Crippen LogP) is 3.14. The van der Waals surface area contributed by atoms with E-state index in [0.717, 1.165) is 0 Å². The SMILES string of the molecule is CNC(C)c1c(F)cccc1OCC(C)C. The quantitative estimate of drug-likeness (QED) is 0.831. The third-order valence-corrected chi connectivity index (χ3v) is 2.45. The van der Waals surface area contributed by atoms with Crippen LogP contribution in [-0.2, 0) is 0 Å². The van der Waals surface area contributed by atoms with E-state index in [-0.39, 0.29) is 11.9 Å². The zero-order valence-corrected chi connectivity index (χ0v) is 10.4. The van der Waals surface area contributed by atoms with Crippen LogP contribution >= 0.6 is 0 Å². The van der Waals surface area contributed by atoms with Crippen LogP contribution in [0, 0.1) is 11.7 Å². The first-order chi connectivity index (χ1) is 7.56. The van der Waals surface area contributed by atoms with Crippen LogP contribution in [0.2, 0.25) is 0 Å². The number of rotatable bonds is 5. The van der Waals surface area contributed by atoms with Crippen LogP contribution in [0.4, 0.5) is 4.39 Å². The van der Waals surface area contributed by atoms with Gasteiger partial charge in [0, 0.05) is 11.6 Å². The lowest BCUT2D eigenvalue weighted by Gasteiger charge is -2.18. The monoisotopic (exact) mass is 225 g/mol. The fourth-order valence-corrected chi connectivity index (χ4v) is 1.46. The fraction of sp³-hybridized carbons (Fsp3) is 0.538. The van der Waals surface area contributed by atoms with Crippen molar-refractivity contribution in [3.8, 4) is 5.75 Å². The van der Waals surface area contributed by atoms with Crippen LogP contribution in [0.1, 0.15) is 32.4 Å². The Bertz CT molecular complexity index is 339. The number of nitrogens with one attached hydrogen (secondary N) is 1. The van der Waals surface area contributed by atoms with E-state index in [1.54, 1.807) is 6.07 Å². The molecule has 1 unspecified atom stereocenters. The Morgan fingerprint density at radius 2 is 2.00 bits per heavy atom. The highest BCUT2D eigenvalue weighted by Gasteiger charge is 2.15. The maximum absolute atomic E-state index is 13.7. The van der Waals surface area contributed by atoms with Crippen molar-refractivity contribution in [3.05, 3.63) is 29.6 Å². The standard InChI is InChI=1S/C13H20FNO/c1-9(2)8-16-12-7-5-6-11(14)13(12)10(3)15-4/h5-7,9-10,15H,8H2,1-4H3. The summed E-state index contributed by atoms with van der Waals surface area (Å²) in [6, 6.07) is 4.90. The van der Waals surface area contributed by atoms with Gasteiger partial charge in [0.05, 0.1) is 6.61 Å². The molecule has 1 N–H and O–H groups in total. The summed E-state index contributed by atoms with van der Waals surface area (Å²) in [6.07, 6.45) is 0. The smallest absolute Gasteiger partial charge is 0.131 e. The van der Waals surface area contributed by atoms with Crippen molar-refractivity contribution >= 4 is 0 Å². The Balaban J connectivity index is 2.93. The second-order valence-corrected chi connectivity index (χ2v) is 4.37. The first-order valence-corrected chi connectivity index (χ1v) is 5.64. The average Bonchev–Trinajstić information content (AvgIpc) is 2.25. The summed E-state index contributed by atoms with van der Waals surface area (Å²) in [6.45, 7) is 6.66. The molecule has 0 aliphatic rings. The Kier molecular flexibility index (Phi) is 4.74. The number of hydrogen-bond donors (Lipinski definition) is 1. The first kappa shape index (κ1) is 13.0. The van der Waals surface area contributed by atoms with E-state index in [2.05, 4.69) is 19.2 Å². The lowest BCUT2D eigenvalue weighted by atomic mass is 10.1. The van der Waals surface area contributed by atoms with Gasteiger partial charge < -0.3 is 10.1 Å². The van der Waals surface area contributed by atoms with E-state index in [1.807, 2.05) is 20.0 Å². The minimum atomic E-state index is -0.219. The molecule has 0 spiro atoms. The summed E-state index contributed by atoms with van der Waals surface area (Å²) in [4.78, 5) is 0. The molecule has 0 amide bonds. The van der Waals surface area contributed by atoms with Gasteiger partial charge in [0.25, 0.3) is 0 Å². The number of hydrogen-bond acceptors (Lipinski definition) is 2. The number of halogens is 1. The van der Waals surface area contributed by atoms with Gasteiger partial charge in [0.15, 0.2) is 0 Å². The summed E-state index contributed by atoms with van der Waals surface area (Å²) in [5.41, 5.74) is 0.602. The molecule has 3 heteroatoms. The van der Waals surface area contributed by atoms with Crippen molar-refractivity contribution in [2.24, 2.45) is 5.92 Å². The Morgan fingerprint density at radius 3 is 2.56 bits per heavy atom. The summed E-state index contributed by atoms with van der Waals surface area (Å²) in [5, 5.41) is 3.03. The Morgan fingerprint density at radius 1 is 1.31 bits per heavy atom. The maximum Gasteiger partial charge on any atom is 0.131 e. The minimum absolute atomic E-state index is 0.0524. The molecule has 16 heavy (non-hydrogen) atoms. The first-order valence-electron chi connectivity index (χ1n) is 5.64. The molecule has 0 radical (unpaired) electrons. The Hall–Kier alpha value is -1.09. The molecule has 90 valence electrons. The van der Waals surface area contributed by atoms with Gasteiger partial charge in [-0.2, -0.15) is 0 Å². The van der Waals surface area contributed by atoms with Gasteiger partial charge in [-0.3, -0.25) is 0 Å². The summed E-state index contributed by atoms with van der Waals surface area (Å²) in [5.74, 6) is 0.847. The molecule has 0 aliphatic heterocycles. The highest BCUT2D eigenvalue weighted by atomic mass is 19.1. The van der Waals surface area contributed by atoms with Gasteiger partial charge in [-0.05, 0) is 32.0 Å². The van der Waals surface area contributed by atoms with Crippen LogP contribution in [0.5, 0.6) is 5.75 Å². The van der Waals surface area contributed by atoms with Crippen molar-refractivity contribution in [2.75, 3.05) is 13.7 Å². The number of ether oxygens (including phenoxy) is 1. The van der Waals surface area contributed by atoms with E-state index in [1.165, 1.54) is 6.07 Å². The molecule has 1 atom stereocenters. The highest BCUT2D eigenvalue weighted by molar-refractivity contribution is 5.36. The molecular formula is C13H20FNO. The average molecular weight is 225 g/mol. The van der Waals surface area contributed by atoms with Crippen molar-refractivity contribution in [3.63, 3.8) is 0 Å². The highest BCUT2D eigenvalue weighted by Crippen LogP contribution is 2.27. The molecule has 2 nitrogen and oxygen atoms in total. The van der Waals surface area contributed by atoms with E-state index in [0.29, 0.717) is 23.8 Å². The lowest BCUT2D eigenvalue weighted by molar-refractivity contribution is 0.265. The van der Waals surface area contributed by atoms with Gasteiger partial charge >= 0.3 is 0 Å². The van der Waals surface area contributed by atoms with E-state index in [9.17, 15) is 4.39 Å². The van der Waals surface area contributed by atoms with Gasteiger partial charge in [0.2, 0.25) is 0 Å². The van der Waals surface area contributed by atoms with E-state index >= 15 is 0 Å². The zero-order valence-electron chi connectivity index (χ0n) is 10.4. The summed E-state index contributed by atoms with van der Waals surface area (Å²) < 4.78 is 19.3. The fourth-order valence-electron chi connectivity index (χ4n) is 1.46. The van der Waals surface area contributed by atoms with Crippen molar-refractivity contribution in [1.82, 2.24) is 5.32 Å². The van der Waals surface area contributed by atoms with Crippen LogP contribution < -0.4 is 10.1 Å². The topological polar surface area (TPSA) is 21.3 Å². The molecular weight excluding hydrogens is 205 g/mol. The van der Waals surface area contributed by atoms with Gasteiger partial charge in [0.1, 0.15) is 11.6 Å². The molecule has 0 aliphatic carbocycles. The molecule has 0 heterocycles. The molecule has 0 fully saturated rings. The Labute approximate surface area is 96.8 Å². The lowest BCUT2D eigenvalue weighted by Crippen LogP contribution is -2.16. The number of benzene rings is 1.